The molecule has 0 radical (unpaired) electrons. The van der Waals surface area contributed by atoms with Gasteiger partial charge in [0.1, 0.15) is 0 Å². The van der Waals surface area contributed by atoms with Gasteiger partial charge in [-0.1, -0.05) is 19.3 Å². The maximum Gasteiger partial charge on any atom is 0.0506 e. The van der Waals surface area contributed by atoms with Crippen molar-refractivity contribution in [3.05, 3.63) is 21.9 Å². The first-order chi connectivity index (χ1) is 8.31. The molecule has 1 atom stereocenters. The van der Waals surface area contributed by atoms with Crippen LogP contribution in [0.5, 0.6) is 0 Å². The molecule has 2 rings (SSSR count). The molecular weight excluding hydrogens is 246 g/mol. The third kappa shape index (κ3) is 3.73. The molecule has 1 aliphatic carbocycles. The average molecular weight is 269 g/mol. The summed E-state index contributed by atoms with van der Waals surface area (Å²) >= 11 is 4.07. The molecular formula is C14H23NS2. The molecule has 3 heteroatoms. The van der Waals surface area contributed by atoms with Crippen molar-refractivity contribution in [1.29, 1.82) is 0 Å². The molecule has 1 aliphatic rings. The lowest BCUT2D eigenvalue weighted by Gasteiger charge is -2.23. The molecule has 1 aromatic heterocycles. The van der Waals surface area contributed by atoms with Gasteiger partial charge in [-0.15, -0.1) is 11.3 Å². The van der Waals surface area contributed by atoms with Crippen molar-refractivity contribution in [3.63, 3.8) is 0 Å². The van der Waals surface area contributed by atoms with Crippen molar-refractivity contribution in [2.45, 2.75) is 50.3 Å². The lowest BCUT2D eigenvalue weighted by molar-refractivity contribution is 0.515. The van der Waals surface area contributed by atoms with E-state index in [0.717, 1.165) is 5.25 Å². The second-order valence-electron chi connectivity index (χ2n) is 4.90. The molecule has 1 unspecified atom stereocenters. The summed E-state index contributed by atoms with van der Waals surface area (Å²) in [7, 11) is 2.09. The molecule has 1 nitrogen and oxygen atoms in total. The highest BCUT2D eigenvalue weighted by Gasteiger charge is 2.18. The molecule has 0 aliphatic heterocycles. The number of hydrogen-bond donors (Lipinski definition) is 1. The maximum atomic E-state index is 3.47. The third-order valence-corrected chi connectivity index (χ3v) is 6.22. The van der Waals surface area contributed by atoms with E-state index in [4.69, 9.17) is 0 Å². The number of thiophene rings is 1. The topological polar surface area (TPSA) is 12.0 Å². The van der Waals surface area contributed by atoms with Crippen molar-refractivity contribution in [2.24, 2.45) is 0 Å². The summed E-state index contributed by atoms with van der Waals surface area (Å²) < 4.78 is 0. The van der Waals surface area contributed by atoms with E-state index < -0.39 is 0 Å². The van der Waals surface area contributed by atoms with Crippen LogP contribution >= 0.6 is 23.1 Å². The van der Waals surface area contributed by atoms with Gasteiger partial charge in [-0.2, -0.15) is 11.8 Å². The summed E-state index contributed by atoms with van der Waals surface area (Å²) in [5, 5.41) is 6.60. The minimum absolute atomic E-state index is 0.543. The second kappa shape index (κ2) is 6.81. The number of nitrogens with one attached hydrogen (secondary N) is 1. The molecule has 1 saturated carbocycles. The van der Waals surface area contributed by atoms with Gasteiger partial charge in [0.25, 0.3) is 0 Å². The smallest absolute Gasteiger partial charge is 0.0506 e. The number of thioether (sulfide) groups is 1. The van der Waals surface area contributed by atoms with Gasteiger partial charge in [0, 0.05) is 15.9 Å². The molecule has 0 saturated heterocycles. The molecule has 1 heterocycles. The van der Waals surface area contributed by atoms with Crippen LogP contribution in [0.4, 0.5) is 0 Å². The van der Waals surface area contributed by atoms with Crippen molar-refractivity contribution in [1.82, 2.24) is 5.32 Å². The van der Waals surface area contributed by atoms with E-state index in [-0.39, 0.29) is 0 Å². The standard InChI is InChI=1S/C14H23NS2/c1-11-8-9-16-14(11)13(15-2)10-17-12-6-4-3-5-7-12/h8-9,12-13,15H,3-7,10H2,1-2H3. The van der Waals surface area contributed by atoms with Crippen LogP contribution < -0.4 is 5.32 Å². The number of rotatable bonds is 5. The minimum atomic E-state index is 0.543. The van der Waals surface area contributed by atoms with E-state index >= 15 is 0 Å². The van der Waals surface area contributed by atoms with Crippen molar-refractivity contribution >= 4 is 23.1 Å². The zero-order valence-electron chi connectivity index (χ0n) is 10.9. The summed E-state index contributed by atoms with van der Waals surface area (Å²) in [6.07, 6.45) is 7.21. The molecule has 0 aromatic carbocycles. The van der Waals surface area contributed by atoms with Crippen LogP contribution in [0.15, 0.2) is 11.4 Å². The number of aryl methyl sites for hydroxylation is 1. The second-order valence-corrected chi connectivity index (χ2v) is 7.18. The Morgan fingerprint density at radius 2 is 2.18 bits per heavy atom. The molecule has 0 amide bonds. The summed E-state index contributed by atoms with van der Waals surface area (Å²) in [6.45, 7) is 2.22. The van der Waals surface area contributed by atoms with Crippen molar-refractivity contribution in [3.8, 4) is 0 Å². The van der Waals surface area contributed by atoms with E-state index in [1.54, 1.807) is 0 Å². The fourth-order valence-corrected chi connectivity index (χ4v) is 5.10. The van der Waals surface area contributed by atoms with Crippen molar-refractivity contribution < 1.29 is 0 Å². The normalized spacial score (nSPS) is 19.4. The van der Waals surface area contributed by atoms with Gasteiger partial charge in [0.05, 0.1) is 6.04 Å². The predicted molar refractivity (Wildman–Crippen MR) is 80.2 cm³/mol. The van der Waals surface area contributed by atoms with Crippen LogP contribution in [0.2, 0.25) is 0 Å². The summed E-state index contributed by atoms with van der Waals surface area (Å²) in [5.41, 5.74) is 1.44. The van der Waals surface area contributed by atoms with Crippen molar-refractivity contribution in [2.75, 3.05) is 12.8 Å². The van der Waals surface area contributed by atoms with Crippen LogP contribution in [0.25, 0.3) is 0 Å². The van der Waals surface area contributed by atoms with Gasteiger partial charge in [-0.25, -0.2) is 0 Å². The predicted octanol–water partition coefficient (Wildman–Crippen LogP) is 4.38. The first kappa shape index (κ1) is 13.4. The fraction of sp³-hybridized carbons (Fsp3) is 0.714. The summed E-state index contributed by atoms with van der Waals surface area (Å²) in [5.74, 6) is 1.22. The molecule has 17 heavy (non-hydrogen) atoms. The molecule has 0 bridgehead atoms. The first-order valence-electron chi connectivity index (χ1n) is 6.64. The third-order valence-electron chi connectivity index (χ3n) is 3.62. The lowest BCUT2D eigenvalue weighted by Crippen LogP contribution is -2.20. The highest BCUT2D eigenvalue weighted by Crippen LogP contribution is 2.33. The van der Waals surface area contributed by atoms with Crippen LogP contribution in [-0.4, -0.2) is 18.1 Å². The van der Waals surface area contributed by atoms with Crippen LogP contribution in [-0.2, 0) is 0 Å². The quantitative estimate of drug-likeness (QED) is 0.851. The molecule has 96 valence electrons. The summed E-state index contributed by atoms with van der Waals surface area (Å²) in [6, 6.07) is 2.78. The molecule has 1 aromatic rings. The van der Waals surface area contributed by atoms with E-state index in [9.17, 15) is 0 Å². The SMILES string of the molecule is CNC(CSC1CCCCC1)c1sccc1C. The van der Waals surface area contributed by atoms with Gasteiger partial charge >= 0.3 is 0 Å². The Balaban J connectivity index is 1.85. The molecule has 0 spiro atoms. The maximum absolute atomic E-state index is 3.47. The van der Waals surface area contributed by atoms with Crippen LogP contribution in [0.1, 0.15) is 48.6 Å². The summed E-state index contributed by atoms with van der Waals surface area (Å²) in [4.78, 5) is 1.52. The Morgan fingerprint density at radius 3 is 2.76 bits per heavy atom. The Labute approximate surface area is 113 Å². The zero-order valence-corrected chi connectivity index (χ0v) is 12.5. The van der Waals surface area contributed by atoms with Crippen LogP contribution in [0.3, 0.4) is 0 Å². The Kier molecular flexibility index (Phi) is 5.39. The number of hydrogen-bond acceptors (Lipinski definition) is 3. The highest BCUT2D eigenvalue weighted by molar-refractivity contribution is 7.99. The van der Waals surface area contributed by atoms with E-state index in [1.807, 2.05) is 11.3 Å². The minimum Gasteiger partial charge on any atom is -0.312 e. The van der Waals surface area contributed by atoms with Gasteiger partial charge in [-0.3, -0.25) is 0 Å². The van der Waals surface area contributed by atoms with Gasteiger partial charge < -0.3 is 5.32 Å². The Hall–Kier alpha value is 0.0100. The lowest BCUT2D eigenvalue weighted by atomic mass is 10.0. The zero-order chi connectivity index (χ0) is 12.1. The highest BCUT2D eigenvalue weighted by atomic mass is 32.2. The van der Waals surface area contributed by atoms with Gasteiger partial charge in [0.15, 0.2) is 0 Å². The van der Waals surface area contributed by atoms with Gasteiger partial charge in [-0.05, 0) is 43.8 Å². The monoisotopic (exact) mass is 269 g/mol. The Bertz CT molecular complexity index is 329. The first-order valence-corrected chi connectivity index (χ1v) is 8.57. The largest absolute Gasteiger partial charge is 0.312 e. The van der Waals surface area contributed by atoms with E-state index in [0.29, 0.717) is 6.04 Å². The van der Waals surface area contributed by atoms with E-state index in [1.165, 1.54) is 48.3 Å². The molecule has 1 fully saturated rings. The Morgan fingerprint density at radius 1 is 1.41 bits per heavy atom. The van der Waals surface area contributed by atoms with Crippen LogP contribution in [0, 0.1) is 6.92 Å². The van der Waals surface area contributed by atoms with E-state index in [2.05, 4.69) is 42.5 Å². The fourth-order valence-electron chi connectivity index (χ4n) is 2.50. The average Bonchev–Trinajstić information content (AvgIpc) is 2.78. The van der Waals surface area contributed by atoms with Gasteiger partial charge in [0.2, 0.25) is 0 Å². The molecule has 1 N–H and O–H groups in total.